The van der Waals surface area contributed by atoms with E-state index in [1.807, 2.05) is 6.92 Å². The molecule has 16 heavy (non-hydrogen) atoms. The molecule has 0 amide bonds. The van der Waals surface area contributed by atoms with Crippen molar-refractivity contribution in [1.29, 1.82) is 0 Å². The summed E-state index contributed by atoms with van der Waals surface area (Å²) < 4.78 is 6.03. The number of hydrogen-bond donors (Lipinski definition) is 1. The molecule has 0 heterocycles. The molecule has 0 unspecified atom stereocenters. The standard InChI is InChI=1S/C12H22O3Si/c1-10(8-7-9-11(13)14)15-16(5,6)12(2,3)4/h10H,8H2,1-6H3,(H,13,14)/t10-/m0/s1. The third-order valence-corrected chi connectivity index (χ3v) is 7.49. The molecule has 0 aromatic rings. The lowest BCUT2D eigenvalue weighted by Crippen LogP contribution is -2.43. The summed E-state index contributed by atoms with van der Waals surface area (Å²) in [5, 5.41) is 8.55. The zero-order valence-electron chi connectivity index (χ0n) is 11.0. The molecule has 0 aliphatic heterocycles. The number of carboxylic acids is 1. The highest BCUT2D eigenvalue weighted by Gasteiger charge is 2.38. The highest BCUT2D eigenvalue weighted by Crippen LogP contribution is 2.37. The lowest BCUT2D eigenvalue weighted by molar-refractivity contribution is -0.130. The summed E-state index contributed by atoms with van der Waals surface area (Å²) in [5.74, 6) is 3.63. The molecular weight excluding hydrogens is 220 g/mol. The van der Waals surface area contributed by atoms with Crippen LogP contribution in [0.4, 0.5) is 0 Å². The van der Waals surface area contributed by atoms with Gasteiger partial charge in [0, 0.05) is 12.3 Å². The average Bonchev–Trinajstić information content (AvgIpc) is 1.99. The Morgan fingerprint density at radius 1 is 1.44 bits per heavy atom. The van der Waals surface area contributed by atoms with Gasteiger partial charge in [-0.15, -0.1) is 0 Å². The van der Waals surface area contributed by atoms with E-state index in [2.05, 4.69) is 45.7 Å². The molecule has 0 bridgehead atoms. The van der Waals surface area contributed by atoms with Crippen molar-refractivity contribution in [2.45, 2.75) is 58.4 Å². The highest BCUT2D eigenvalue weighted by atomic mass is 28.4. The first-order chi connectivity index (χ1) is 7.06. The Bertz CT molecular complexity index is 304. The van der Waals surface area contributed by atoms with Crippen LogP contribution in [-0.2, 0) is 9.22 Å². The van der Waals surface area contributed by atoms with E-state index in [1.165, 1.54) is 0 Å². The largest absolute Gasteiger partial charge is 0.472 e. The van der Waals surface area contributed by atoms with Crippen LogP contribution in [0.1, 0.15) is 34.1 Å². The third kappa shape index (κ3) is 5.33. The minimum atomic E-state index is -1.76. The molecule has 4 heteroatoms. The second-order valence-corrected chi connectivity index (χ2v) is 10.3. The fourth-order valence-corrected chi connectivity index (χ4v) is 2.43. The average molecular weight is 242 g/mol. The van der Waals surface area contributed by atoms with Gasteiger partial charge in [-0.1, -0.05) is 26.7 Å². The third-order valence-electron chi connectivity index (χ3n) is 2.89. The zero-order chi connectivity index (χ0) is 13.0. The number of carboxylic acid groups (broad SMARTS) is 1. The van der Waals surface area contributed by atoms with E-state index in [0.29, 0.717) is 6.42 Å². The molecule has 0 aliphatic rings. The number of carbonyl (C=O) groups is 1. The Kier molecular flexibility index (Phi) is 5.24. The number of hydrogen-bond acceptors (Lipinski definition) is 2. The molecule has 0 saturated heterocycles. The van der Waals surface area contributed by atoms with Gasteiger partial charge in [-0.2, -0.15) is 0 Å². The molecule has 92 valence electrons. The Balaban J connectivity index is 4.32. The van der Waals surface area contributed by atoms with Crippen LogP contribution in [0.2, 0.25) is 18.1 Å². The Morgan fingerprint density at radius 2 is 1.94 bits per heavy atom. The predicted molar refractivity (Wildman–Crippen MR) is 67.8 cm³/mol. The first-order valence-corrected chi connectivity index (χ1v) is 8.36. The predicted octanol–water partition coefficient (Wildman–Crippen LogP) is 2.87. The lowest BCUT2D eigenvalue weighted by Gasteiger charge is -2.38. The highest BCUT2D eigenvalue weighted by molar-refractivity contribution is 6.74. The summed E-state index contributed by atoms with van der Waals surface area (Å²) in [6.45, 7) is 12.8. The normalized spacial score (nSPS) is 13.9. The minimum absolute atomic E-state index is 0.00672. The second-order valence-electron chi connectivity index (χ2n) is 5.50. The molecular formula is C12H22O3Si. The molecule has 0 aromatic carbocycles. The summed E-state index contributed by atoms with van der Waals surface area (Å²) in [4.78, 5) is 10.2. The monoisotopic (exact) mass is 242 g/mol. The van der Waals surface area contributed by atoms with E-state index >= 15 is 0 Å². The van der Waals surface area contributed by atoms with Crippen LogP contribution in [0.15, 0.2) is 0 Å². The molecule has 0 aromatic heterocycles. The number of rotatable bonds is 3. The summed E-state index contributed by atoms with van der Waals surface area (Å²) >= 11 is 0. The van der Waals surface area contributed by atoms with Crippen molar-refractivity contribution < 1.29 is 14.3 Å². The van der Waals surface area contributed by atoms with Gasteiger partial charge in [0.1, 0.15) is 0 Å². The summed E-state index contributed by atoms with van der Waals surface area (Å²) in [6, 6.07) is 0. The van der Waals surface area contributed by atoms with Crippen LogP contribution in [0.5, 0.6) is 0 Å². The molecule has 1 N–H and O–H groups in total. The topological polar surface area (TPSA) is 46.5 Å². The van der Waals surface area contributed by atoms with Crippen LogP contribution < -0.4 is 0 Å². The fourth-order valence-electron chi connectivity index (χ4n) is 0.992. The van der Waals surface area contributed by atoms with Crippen molar-refractivity contribution in [3.8, 4) is 11.8 Å². The van der Waals surface area contributed by atoms with E-state index in [-0.39, 0.29) is 11.1 Å². The van der Waals surface area contributed by atoms with Crippen molar-refractivity contribution in [3.63, 3.8) is 0 Å². The van der Waals surface area contributed by atoms with Crippen LogP contribution in [0, 0.1) is 11.8 Å². The Hall–Kier alpha value is -0.793. The molecule has 3 nitrogen and oxygen atoms in total. The summed E-state index contributed by atoms with van der Waals surface area (Å²) in [5.41, 5.74) is 0. The van der Waals surface area contributed by atoms with Gasteiger partial charge in [0.25, 0.3) is 0 Å². The lowest BCUT2D eigenvalue weighted by atomic mass is 10.2. The maximum Gasteiger partial charge on any atom is 0.381 e. The van der Waals surface area contributed by atoms with Gasteiger partial charge in [-0.25, -0.2) is 4.79 Å². The van der Waals surface area contributed by atoms with Gasteiger partial charge < -0.3 is 9.53 Å². The van der Waals surface area contributed by atoms with Crippen LogP contribution >= 0.6 is 0 Å². The van der Waals surface area contributed by atoms with Crippen molar-refractivity contribution in [3.05, 3.63) is 0 Å². The van der Waals surface area contributed by atoms with Gasteiger partial charge in [-0.05, 0) is 25.1 Å². The summed E-state index contributed by atoms with van der Waals surface area (Å²) in [6.07, 6.45) is 0.464. The van der Waals surface area contributed by atoms with E-state index in [1.54, 1.807) is 0 Å². The Morgan fingerprint density at radius 3 is 2.31 bits per heavy atom. The maximum atomic E-state index is 10.2. The molecule has 0 spiro atoms. The zero-order valence-corrected chi connectivity index (χ0v) is 12.0. The molecule has 0 radical (unpaired) electrons. The van der Waals surface area contributed by atoms with Crippen LogP contribution in [0.25, 0.3) is 0 Å². The molecule has 0 fully saturated rings. The van der Waals surface area contributed by atoms with Crippen LogP contribution in [-0.4, -0.2) is 25.5 Å². The quantitative estimate of drug-likeness (QED) is 0.611. The van der Waals surface area contributed by atoms with Crippen molar-refractivity contribution in [1.82, 2.24) is 0 Å². The second kappa shape index (κ2) is 5.51. The Labute approximate surface area is 99.3 Å². The van der Waals surface area contributed by atoms with E-state index in [4.69, 9.17) is 9.53 Å². The van der Waals surface area contributed by atoms with Crippen molar-refractivity contribution in [2.24, 2.45) is 0 Å². The van der Waals surface area contributed by atoms with Gasteiger partial charge >= 0.3 is 5.97 Å². The van der Waals surface area contributed by atoms with Crippen molar-refractivity contribution in [2.75, 3.05) is 0 Å². The van der Waals surface area contributed by atoms with E-state index in [9.17, 15) is 4.79 Å². The van der Waals surface area contributed by atoms with Gasteiger partial charge in [0.05, 0.1) is 6.10 Å². The fraction of sp³-hybridized carbons (Fsp3) is 0.750. The van der Waals surface area contributed by atoms with Crippen LogP contribution in [0.3, 0.4) is 0 Å². The van der Waals surface area contributed by atoms with E-state index < -0.39 is 14.3 Å². The molecule has 0 rings (SSSR count). The first-order valence-electron chi connectivity index (χ1n) is 5.46. The minimum Gasteiger partial charge on any atom is -0.472 e. The smallest absolute Gasteiger partial charge is 0.381 e. The van der Waals surface area contributed by atoms with Crippen molar-refractivity contribution >= 4 is 14.3 Å². The maximum absolute atomic E-state index is 10.2. The molecule has 1 atom stereocenters. The molecule has 0 saturated carbocycles. The summed E-state index contributed by atoms with van der Waals surface area (Å²) in [7, 11) is -1.76. The first kappa shape index (κ1) is 15.2. The van der Waals surface area contributed by atoms with Gasteiger partial charge in [0.15, 0.2) is 8.32 Å². The number of aliphatic carboxylic acids is 1. The van der Waals surface area contributed by atoms with Gasteiger partial charge in [0.2, 0.25) is 0 Å². The van der Waals surface area contributed by atoms with E-state index in [0.717, 1.165) is 0 Å². The molecule has 0 aliphatic carbocycles. The van der Waals surface area contributed by atoms with Gasteiger partial charge in [-0.3, -0.25) is 0 Å². The SMILES string of the molecule is C[C@@H](CC#CC(=O)O)O[Si](C)(C)C(C)(C)C.